The van der Waals surface area contributed by atoms with Gasteiger partial charge in [0.25, 0.3) is 0 Å². The van der Waals surface area contributed by atoms with E-state index in [-0.39, 0.29) is 11.9 Å². The Balaban J connectivity index is 1.72. The van der Waals surface area contributed by atoms with Crippen LogP contribution in [0.15, 0.2) is 24.3 Å². The number of carbonyl (C=O) groups is 1. The van der Waals surface area contributed by atoms with Crippen LogP contribution in [0, 0.1) is 0 Å². The Morgan fingerprint density at radius 1 is 1.43 bits per heavy atom. The Bertz CT molecular complexity index is 502. The molecule has 2 N–H and O–H groups in total. The second-order valence-corrected chi connectivity index (χ2v) is 5.77. The Labute approximate surface area is 125 Å². The van der Waals surface area contributed by atoms with Crippen molar-refractivity contribution in [2.45, 2.75) is 24.9 Å². The van der Waals surface area contributed by atoms with Gasteiger partial charge in [-0.25, -0.2) is 0 Å². The van der Waals surface area contributed by atoms with Crippen LogP contribution in [0.1, 0.15) is 24.4 Å². The Morgan fingerprint density at radius 3 is 3.00 bits per heavy atom. The van der Waals surface area contributed by atoms with Gasteiger partial charge in [-0.05, 0) is 18.9 Å². The molecule has 1 atom stereocenters. The van der Waals surface area contributed by atoms with E-state index in [0.29, 0.717) is 12.6 Å². The van der Waals surface area contributed by atoms with E-state index in [1.807, 2.05) is 18.2 Å². The summed E-state index contributed by atoms with van der Waals surface area (Å²) in [5.74, 6) is 1.03. The molecule has 1 heterocycles. The molecule has 0 spiro atoms. The number of nitrogens with one attached hydrogen (secondary N) is 2. The van der Waals surface area contributed by atoms with Gasteiger partial charge in [0.15, 0.2) is 0 Å². The van der Waals surface area contributed by atoms with Crippen LogP contribution < -0.4 is 15.4 Å². The van der Waals surface area contributed by atoms with Gasteiger partial charge in [0.1, 0.15) is 5.75 Å². The summed E-state index contributed by atoms with van der Waals surface area (Å²) < 4.78 is 5.47. The van der Waals surface area contributed by atoms with Crippen LogP contribution in [0.5, 0.6) is 5.75 Å². The summed E-state index contributed by atoms with van der Waals surface area (Å²) in [5, 5.41) is 6.48. The molecule has 1 aliphatic carbocycles. The molecule has 2 fully saturated rings. The van der Waals surface area contributed by atoms with E-state index < -0.39 is 0 Å². The normalized spacial score (nSPS) is 22.8. The van der Waals surface area contributed by atoms with Crippen LogP contribution in [-0.4, -0.2) is 50.1 Å². The summed E-state index contributed by atoms with van der Waals surface area (Å²) in [7, 11) is 1.69. The van der Waals surface area contributed by atoms with Gasteiger partial charge in [-0.1, -0.05) is 18.2 Å². The maximum Gasteiger partial charge on any atom is 0.234 e. The molecule has 1 saturated heterocycles. The highest BCUT2D eigenvalue weighted by atomic mass is 16.5. The van der Waals surface area contributed by atoms with Crippen molar-refractivity contribution in [2.24, 2.45) is 0 Å². The number of benzene rings is 1. The first-order chi connectivity index (χ1) is 10.3. The highest BCUT2D eigenvalue weighted by molar-refractivity contribution is 5.78. The van der Waals surface area contributed by atoms with E-state index in [4.69, 9.17) is 4.74 Å². The average Bonchev–Trinajstić information content (AvgIpc) is 3.31. The quantitative estimate of drug-likeness (QED) is 0.846. The van der Waals surface area contributed by atoms with Crippen molar-refractivity contribution in [1.29, 1.82) is 0 Å². The van der Waals surface area contributed by atoms with Gasteiger partial charge in [-0.2, -0.15) is 0 Å². The monoisotopic (exact) mass is 289 g/mol. The molecular weight excluding hydrogens is 266 g/mol. The SMILES string of the molecule is COc1ccccc1C1CNCCN1CC(=O)NC1CC1. The van der Waals surface area contributed by atoms with E-state index in [0.717, 1.165) is 43.8 Å². The predicted octanol–water partition coefficient (Wildman–Crippen LogP) is 0.920. The van der Waals surface area contributed by atoms with E-state index in [1.165, 1.54) is 0 Å². The lowest BCUT2D eigenvalue weighted by molar-refractivity contribution is -0.123. The van der Waals surface area contributed by atoms with Gasteiger partial charge in [0.2, 0.25) is 5.91 Å². The zero-order chi connectivity index (χ0) is 14.7. The maximum atomic E-state index is 12.1. The van der Waals surface area contributed by atoms with Crippen LogP contribution in [0.2, 0.25) is 0 Å². The number of hydrogen-bond donors (Lipinski definition) is 2. The molecule has 1 unspecified atom stereocenters. The summed E-state index contributed by atoms with van der Waals surface area (Å²) >= 11 is 0. The van der Waals surface area contributed by atoms with Crippen LogP contribution in [-0.2, 0) is 4.79 Å². The molecule has 21 heavy (non-hydrogen) atoms. The van der Waals surface area contributed by atoms with E-state index in [2.05, 4.69) is 21.6 Å². The van der Waals surface area contributed by atoms with Crippen molar-refractivity contribution in [3.63, 3.8) is 0 Å². The van der Waals surface area contributed by atoms with E-state index in [9.17, 15) is 4.79 Å². The summed E-state index contributed by atoms with van der Waals surface area (Å²) in [5.41, 5.74) is 1.14. The largest absolute Gasteiger partial charge is 0.496 e. The Hall–Kier alpha value is -1.59. The average molecular weight is 289 g/mol. The number of amides is 1. The van der Waals surface area contributed by atoms with Gasteiger partial charge >= 0.3 is 0 Å². The lowest BCUT2D eigenvalue weighted by Crippen LogP contribution is -2.49. The molecular formula is C16H23N3O2. The zero-order valence-electron chi connectivity index (χ0n) is 12.5. The Morgan fingerprint density at radius 2 is 2.24 bits per heavy atom. The first-order valence-electron chi connectivity index (χ1n) is 7.65. The highest BCUT2D eigenvalue weighted by Crippen LogP contribution is 2.30. The van der Waals surface area contributed by atoms with Crippen molar-refractivity contribution < 1.29 is 9.53 Å². The molecule has 1 saturated carbocycles. The van der Waals surface area contributed by atoms with E-state index >= 15 is 0 Å². The molecule has 0 aromatic heterocycles. The lowest BCUT2D eigenvalue weighted by atomic mass is 10.0. The second-order valence-electron chi connectivity index (χ2n) is 5.77. The van der Waals surface area contributed by atoms with Gasteiger partial charge in [-0.15, -0.1) is 0 Å². The molecule has 5 nitrogen and oxygen atoms in total. The summed E-state index contributed by atoms with van der Waals surface area (Å²) in [6.07, 6.45) is 2.26. The molecule has 2 aliphatic rings. The highest BCUT2D eigenvalue weighted by Gasteiger charge is 2.29. The minimum atomic E-state index is 0.138. The number of carbonyl (C=O) groups excluding carboxylic acids is 1. The number of ether oxygens (including phenoxy) is 1. The zero-order valence-corrected chi connectivity index (χ0v) is 12.5. The second kappa shape index (κ2) is 6.45. The predicted molar refractivity (Wildman–Crippen MR) is 81.3 cm³/mol. The van der Waals surface area contributed by atoms with Crippen LogP contribution in [0.25, 0.3) is 0 Å². The molecule has 1 aliphatic heterocycles. The molecule has 3 rings (SSSR count). The van der Waals surface area contributed by atoms with Crippen LogP contribution in [0.4, 0.5) is 0 Å². The number of rotatable bonds is 5. The van der Waals surface area contributed by atoms with Gasteiger partial charge in [-0.3, -0.25) is 9.69 Å². The van der Waals surface area contributed by atoms with Crippen molar-refractivity contribution in [2.75, 3.05) is 33.3 Å². The lowest BCUT2D eigenvalue weighted by Gasteiger charge is -2.36. The summed E-state index contributed by atoms with van der Waals surface area (Å²) in [4.78, 5) is 14.3. The number of hydrogen-bond acceptors (Lipinski definition) is 4. The molecule has 1 aromatic carbocycles. The molecule has 0 radical (unpaired) electrons. The van der Waals surface area contributed by atoms with E-state index in [1.54, 1.807) is 7.11 Å². The molecule has 1 amide bonds. The minimum absolute atomic E-state index is 0.138. The molecule has 0 bridgehead atoms. The summed E-state index contributed by atoms with van der Waals surface area (Å²) in [6, 6.07) is 8.66. The van der Waals surface area contributed by atoms with Gasteiger partial charge in [0, 0.05) is 31.2 Å². The first-order valence-corrected chi connectivity index (χ1v) is 7.65. The number of piperazine rings is 1. The van der Waals surface area contributed by atoms with Crippen LogP contribution in [0.3, 0.4) is 0 Å². The molecule has 5 heteroatoms. The van der Waals surface area contributed by atoms with Crippen molar-refractivity contribution >= 4 is 5.91 Å². The van der Waals surface area contributed by atoms with Crippen molar-refractivity contribution in [1.82, 2.24) is 15.5 Å². The van der Waals surface area contributed by atoms with Crippen molar-refractivity contribution in [3.8, 4) is 5.75 Å². The fraction of sp³-hybridized carbons (Fsp3) is 0.562. The third-order valence-corrected chi connectivity index (χ3v) is 4.14. The Kier molecular flexibility index (Phi) is 4.41. The number of para-hydroxylation sites is 1. The topological polar surface area (TPSA) is 53.6 Å². The van der Waals surface area contributed by atoms with Gasteiger partial charge < -0.3 is 15.4 Å². The smallest absolute Gasteiger partial charge is 0.234 e. The third-order valence-electron chi connectivity index (χ3n) is 4.14. The van der Waals surface area contributed by atoms with Crippen molar-refractivity contribution in [3.05, 3.63) is 29.8 Å². The molecule has 1 aromatic rings. The number of nitrogens with zero attached hydrogens (tertiary/aromatic N) is 1. The minimum Gasteiger partial charge on any atom is -0.496 e. The summed E-state index contributed by atoms with van der Waals surface area (Å²) in [6.45, 7) is 3.10. The number of methoxy groups -OCH3 is 1. The molecule has 114 valence electrons. The fourth-order valence-electron chi connectivity index (χ4n) is 2.87. The first kappa shape index (κ1) is 14.4. The van der Waals surface area contributed by atoms with Gasteiger partial charge in [0.05, 0.1) is 19.7 Å². The fourth-order valence-corrected chi connectivity index (χ4v) is 2.87. The third kappa shape index (κ3) is 3.54. The maximum absolute atomic E-state index is 12.1. The van der Waals surface area contributed by atoms with Crippen LogP contribution >= 0.6 is 0 Å². The standard InChI is InChI=1S/C16H23N3O2/c1-21-15-5-3-2-4-13(15)14-10-17-8-9-19(14)11-16(20)18-12-6-7-12/h2-5,12,14,17H,6-11H2,1H3,(H,18,20).